The third-order valence-electron chi connectivity index (χ3n) is 3.18. The summed E-state index contributed by atoms with van der Waals surface area (Å²) in [6.07, 6.45) is 2.55. The van der Waals surface area contributed by atoms with E-state index in [2.05, 4.69) is 18.3 Å². The van der Waals surface area contributed by atoms with Crippen LogP contribution in [0.1, 0.15) is 25.3 Å². The van der Waals surface area contributed by atoms with Crippen molar-refractivity contribution < 1.29 is 9.47 Å². The van der Waals surface area contributed by atoms with Crippen LogP contribution in [0, 0.1) is 0 Å². The van der Waals surface area contributed by atoms with Gasteiger partial charge in [-0.05, 0) is 25.8 Å². The van der Waals surface area contributed by atoms with Crippen LogP contribution in [0.15, 0.2) is 18.2 Å². The lowest BCUT2D eigenvalue weighted by atomic mass is 10.1. The van der Waals surface area contributed by atoms with Crippen LogP contribution in [0.4, 0.5) is 0 Å². The van der Waals surface area contributed by atoms with Gasteiger partial charge in [-0.2, -0.15) is 0 Å². The van der Waals surface area contributed by atoms with Crippen molar-refractivity contribution in [1.29, 1.82) is 0 Å². The van der Waals surface area contributed by atoms with Gasteiger partial charge in [0.15, 0.2) is 11.5 Å². The molecule has 2 aliphatic rings. The number of nitrogens with one attached hydrogen (secondary N) is 1. The van der Waals surface area contributed by atoms with Gasteiger partial charge in [0.25, 0.3) is 0 Å². The van der Waals surface area contributed by atoms with Crippen molar-refractivity contribution in [3.05, 3.63) is 23.8 Å². The second kappa shape index (κ2) is 3.14. The van der Waals surface area contributed by atoms with Crippen LogP contribution >= 0.6 is 0 Å². The molecule has 15 heavy (non-hydrogen) atoms. The molecule has 0 aromatic heterocycles. The van der Waals surface area contributed by atoms with Crippen molar-refractivity contribution in [2.45, 2.75) is 31.8 Å². The van der Waals surface area contributed by atoms with Gasteiger partial charge in [-0.1, -0.05) is 12.1 Å². The summed E-state index contributed by atoms with van der Waals surface area (Å²) >= 11 is 0. The van der Waals surface area contributed by atoms with Crippen LogP contribution < -0.4 is 14.8 Å². The number of hydrogen-bond acceptors (Lipinski definition) is 3. The predicted octanol–water partition coefficient (Wildman–Crippen LogP) is 2.06. The summed E-state index contributed by atoms with van der Waals surface area (Å²) < 4.78 is 10.8. The number of ether oxygens (including phenoxy) is 2. The lowest BCUT2D eigenvalue weighted by Gasteiger charge is -2.12. The van der Waals surface area contributed by atoms with Crippen LogP contribution in [-0.4, -0.2) is 12.3 Å². The van der Waals surface area contributed by atoms with E-state index < -0.39 is 0 Å². The molecule has 1 aliphatic carbocycles. The fraction of sp³-hybridized carbons (Fsp3) is 0.500. The zero-order valence-electron chi connectivity index (χ0n) is 8.88. The Morgan fingerprint density at radius 2 is 2.20 bits per heavy atom. The Bertz CT molecular complexity index is 385. The zero-order valence-corrected chi connectivity index (χ0v) is 8.88. The highest BCUT2D eigenvalue weighted by Crippen LogP contribution is 2.38. The van der Waals surface area contributed by atoms with Gasteiger partial charge in [-0.3, -0.25) is 0 Å². The van der Waals surface area contributed by atoms with Gasteiger partial charge in [-0.15, -0.1) is 0 Å². The molecule has 3 nitrogen and oxygen atoms in total. The standard InChI is InChI=1S/C12H15NO2/c1-12(5-6-12)13-7-9-3-2-4-10-11(9)15-8-14-10/h2-4,13H,5-8H2,1H3. The monoisotopic (exact) mass is 205 g/mol. The number of benzene rings is 1. The van der Waals surface area contributed by atoms with Crippen LogP contribution in [0.3, 0.4) is 0 Å². The molecule has 0 radical (unpaired) electrons. The molecule has 1 saturated carbocycles. The summed E-state index contributed by atoms with van der Waals surface area (Å²) in [6.45, 7) is 3.47. The lowest BCUT2D eigenvalue weighted by Crippen LogP contribution is -2.27. The van der Waals surface area contributed by atoms with Gasteiger partial charge in [0, 0.05) is 17.6 Å². The van der Waals surface area contributed by atoms with Gasteiger partial charge >= 0.3 is 0 Å². The molecule has 1 aliphatic heterocycles. The molecule has 1 heterocycles. The van der Waals surface area contributed by atoms with Crippen LogP contribution in [0.5, 0.6) is 11.5 Å². The SMILES string of the molecule is CC1(NCc2cccc3c2OCO3)CC1. The molecule has 1 fully saturated rings. The minimum absolute atomic E-state index is 0.351. The summed E-state index contributed by atoms with van der Waals surface area (Å²) in [5.74, 6) is 1.78. The maximum Gasteiger partial charge on any atom is 0.231 e. The van der Waals surface area contributed by atoms with Crippen LogP contribution in [-0.2, 0) is 6.54 Å². The van der Waals surface area contributed by atoms with E-state index in [4.69, 9.17) is 9.47 Å². The number of hydrogen-bond donors (Lipinski definition) is 1. The van der Waals surface area contributed by atoms with Crippen molar-refractivity contribution >= 4 is 0 Å². The Kier molecular flexibility index (Phi) is 1.89. The molecule has 3 rings (SSSR count). The second-order valence-corrected chi connectivity index (χ2v) is 4.57. The summed E-state index contributed by atoms with van der Waals surface area (Å²) in [4.78, 5) is 0. The third kappa shape index (κ3) is 1.67. The van der Waals surface area contributed by atoms with Gasteiger partial charge < -0.3 is 14.8 Å². The molecule has 3 heteroatoms. The molecule has 1 aromatic carbocycles. The molecule has 1 aromatic rings. The predicted molar refractivity (Wildman–Crippen MR) is 57.0 cm³/mol. The first kappa shape index (κ1) is 9.04. The third-order valence-corrected chi connectivity index (χ3v) is 3.18. The molecular formula is C12H15NO2. The largest absolute Gasteiger partial charge is 0.454 e. The number of fused-ring (bicyclic) bond motifs is 1. The fourth-order valence-electron chi connectivity index (χ4n) is 1.80. The number of rotatable bonds is 3. The van der Waals surface area contributed by atoms with E-state index in [0.717, 1.165) is 18.0 Å². The first-order valence-electron chi connectivity index (χ1n) is 5.39. The fourth-order valence-corrected chi connectivity index (χ4v) is 1.80. The summed E-state index contributed by atoms with van der Waals surface area (Å²) in [5.41, 5.74) is 1.56. The highest BCUT2D eigenvalue weighted by Gasteiger charge is 2.36. The van der Waals surface area contributed by atoms with E-state index >= 15 is 0 Å². The molecule has 0 saturated heterocycles. The highest BCUT2D eigenvalue weighted by atomic mass is 16.7. The molecule has 0 spiro atoms. The van der Waals surface area contributed by atoms with Gasteiger partial charge in [0.05, 0.1) is 0 Å². The topological polar surface area (TPSA) is 30.5 Å². The van der Waals surface area contributed by atoms with E-state index in [1.807, 2.05) is 12.1 Å². The van der Waals surface area contributed by atoms with E-state index in [9.17, 15) is 0 Å². The van der Waals surface area contributed by atoms with Crippen molar-refractivity contribution in [2.24, 2.45) is 0 Å². The Hall–Kier alpha value is -1.22. The second-order valence-electron chi connectivity index (χ2n) is 4.57. The smallest absolute Gasteiger partial charge is 0.231 e. The van der Waals surface area contributed by atoms with Crippen LogP contribution in [0.25, 0.3) is 0 Å². The van der Waals surface area contributed by atoms with Crippen molar-refractivity contribution in [3.63, 3.8) is 0 Å². The minimum Gasteiger partial charge on any atom is -0.454 e. The van der Waals surface area contributed by atoms with E-state index in [1.165, 1.54) is 18.4 Å². The first-order chi connectivity index (χ1) is 7.27. The Morgan fingerprint density at radius 1 is 1.33 bits per heavy atom. The molecule has 80 valence electrons. The van der Waals surface area contributed by atoms with Crippen molar-refractivity contribution in [1.82, 2.24) is 5.32 Å². The van der Waals surface area contributed by atoms with E-state index in [0.29, 0.717) is 12.3 Å². The summed E-state index contributed by atoms with van der Waals surface area (Å²) in [5, 5.41) is 3.54. The average Bonchev–Trinajstić information content (AvgIpc) is 2.80. The molecule has 0 bridgehead atoms. The minimum atomic E-state index is 0.351. The maximum atomic E-state index is 5.45. The average molecular weight is 205 g/mol. The first-order valence-corrected chi connectivity index (χ1v) is 5.39. The zero-order chi connectivity index (χ0) is 10.3. The highest BCUT2D eigenvalue weighted by molar-refractivity contribution is 5.48. The molecule has 0 amide bonds. The quantitative estimate of drug-likeness (QED) is 0.819. The summed E-state index contributed by atoms with van der Waals surface area (Å²) in [6, 6.07) is 6.05. The molecule has 1 N–H and O–H groups in total. The Balaban J connectivity index is 1.77. The molecule has 0 unspecified atom stereocenters. The molecule has 0 atom stereocenters. The van der Waals surface area contributed by atoms with E-state index in [1.54, 1.807) is 0 Å². The number of para-hydroxylation sites is 1. The van der Waals surface area contributed by atoms with Crippen LogP contribution in [0.2, 0.25) is 0 Å². The summed E-state index contributed by atoms with van der Waals surface area (Å²) in [7, 11) is 0. The van der Waals surface area contributed by atoms with Crippen molar-refractivity contribution in [2.75, 3.05) is 6.79 Å². The van der Waals surface area contributed by atoms with Gasteiger partial charge in [0.1, 0.15) is 0 Å². The Morgan fingerprint density at radius 3 is 3.00 bits per heavy atom. The van der Waals surface area contributed by atoms with Gasteiger partial charge in [0.2, 0.25) is 6.79 Å². The molecular weight excluding hydrogens is 190 g/mol. The van der Waals surface area contributed by atoms with Gasteiger partial charge in [-0.25, -0.2) is 0 Å². The van der Waals surface area contributed by atoms with E-state index in [-0.39, 0.29) is 0 Å². The maximum absolute atomic E-state index is 5.45. The lowest BCUT2D eigenvalue weighted by molar-refractivity contribution is 0.173. The van der Waals surface area contributed by atoms with Crippen molar-refractivity contribution in [3.8, 4) is 11.5 Å². The Labute approximate surface area is 89.4 Å². The normalized spacial score (nSPS) is 20.3.